The molecular formula is C14H14BrNO2. The van der Waals surface area contributed by atoms with Crippen molar-refractivity contribution in [2.45, 2.75) is 13.5 Å². The van der Waals surface area contributed by atoms with Crippen LogP contribution in [0.15, 0.2) is 45.7 Å². The van der Waals surface area contributed by atoms with E-state index in [9.17, 15) is 4.79 Å². The summed E-state index contributed by atoms with van der Waals surface area (Å²) in [6.07, 6.45) is 1.50. The lowest BCUT2D eigenvalue weighted by Crippen LogP contribution is -2.26. The number of hydrogen-bond acceptors (Lipinski definition) is 2. The van der Waals surface area contributed by atoms with E-state index in [0.717, 1.165) is 5.56 Å². The number of carbonyl (C=O) groups excluding carboxylic acids is 1. The fourth-order valence-corrected chi connectivity index (χ4v) is 2.18. The first-order chi connectivity index (χ1) is 8.59. The van der Waals surface area contributed by atoms with Crippen molar-refractivity contribution >= 4 is 21.8 Å². The van der Waals surface area contributed by atoms with Crippen molar-refractivity contribution in [1.29, 1.82) is 0 Å². The van der Waals surface area contributed by atoms with E-state index < -0.39 is 0 Å². The number of furan rings is 1. The average molecular weight is 308 g/mol. The molecular weight excluding hydrogens is 294 g/mol. The Labute approximate surface area is 115 Å². The Morgan fingerprint density at radius 2 is 2.06 bits per heavy atom. The molecule has 18 heavy (non-hydrogen) atoms. The maximum absolute atomic E-state index is 12.2. The summed E-state index contributed by atoms with van der Waals surface area (Å²) in [4.78, 5) is 13.9. The molecule has 1 aromatic carbocycles. The number of benzene rings is 1. The fourth-order valence-electron chi connectivity index (χ4n) is 1.77. The van der Waals surface area contributed by atoms with Gasteiger partial charge in [0.15, 0.2) is 4.67 Å². The van der Waals surface area contributed by atoms with Gasteiger partial charge in [-0.15, -0.1) is 0 Å². The minimum Gasteiger partial charge on any atom is -0.457 e. The molecule has 0 aliphatic heterocycles. The molecule has 1 aromatic heterocycles. The van der Waals surface area contributed by atoms with Crippen molar-refractivity contribution in [2.75, 3.05) is 7.05 Å². The van der Waals surface area contributed by atoms with Crippen molar-refractivity contribution in [3.05, 3.63) is 58.0 Å². The van der Waals surface area contributed by atoms with Crippen LogP contribution in [0.2, 0.25) is 0 Å². The Morgan fingerprint density at radius 1 is 1.33 bits per heavy atom. The molecule has 0 aliphatic rings. The maximum atomic E-state index is 12.2. The summed E-state index contributed by atoms with van der Waals surface area (Å²) in [7, 11) is 1.79. The second-order valence-electron chi connectivity index (χ2n) is 4.20. The molecule has 94 valence electrons. The lowest BCUT2D eigenvalue weighted by Gasteiger charge is -2.17. The lowest BCUT2D eigenvalue weighted by atomic mass is 10.1. The largest absolute Gasteiger partial charge is 0.457 e. The molecule has 4 heteroatoms. The third kappa shape index (κ3) is 2.64. The van der Waals surface area contributed by atoms with E-state index in [0.29, 0.717) is 16.8 Å². The highest BCUT2D eigenvalue weighted by Crippen LogP contribution is 2.20. The van der Waals surface area contributed by atoms with E-state index in [2.05, 4.69) is 15.9 Å². The summed E-state index contributed by atoms with van der Waals surface area (Å²) < 4.78 is 5.55. The van der Waals surface area contributed by atoms with Gasteiger partial charge in [-0.3, -0.25) is 4.79 Å². The zero-order valence-corrected chi connectivity index (χ0v) is 11.9. The van der Waals surface area contributed by atoms with Crippen molar-refractivity contribution in [3.8, 4) is 0 Å². The van der Waals surface area contributed by atoms with Gasteiger partial charge in [0.1, 0.15) is 0 Å². The van der Waals surface area contributed by atoms with E-state index >= 15 is 0 Å². The fraction of sp³-hybridized carbons (Fsp3) is 0.214. The third-order valence-corrected chi connectivity index (χ3v) is 3.48. The van der Waals surface area contributed by atoms with Crippen LogP contribution in [-0.2, 0) is 6.54 Å². The maximum Gasteiger partial charge on any atom is 0.258 e. The van der Waals surface area contributed by atoms with Crippen molar-refractivity contribution in [1.82, 2.24) is 4.90 Å². The Balaban J connectivity index is 2.14. The minimum absolute atomic E-state index is 0.0566. The zero-order chi connectivity index (χ0) is 13.1. The summed E-state index contributed by atoms with van der Waals surface area (Å²) in [5.41, 5.74) is 2.88. The number of carbonyl (C=O) groups is 1. The van der Waals surface area contributed by atoms with Gasteiger partial charge >= 0.3 is 0 Å². The zero-order valence-electron chi connectivity index (χ0n) is 10.3. The van der Waals surface area contributed by atoms with Gasteiger partial charge in [-0.1, -0.05) is 24.3 Å². The SMILES string of the molecule is Cc1ccccc1CN(C)C(=O)c1ccoc1Br. The van der Waals surface area contributed by atoms with Crippen LogP contribution < -0.4 is 0 Å². The molecule has 3 nitrogen and oxygen atoms in total. The molecule has 0 radical (unpaired) electrons. The monoisotopic (exact) mass is 307 g/mol. The van der Waals surface area contributed by atoms with Crippen LogP contribution in [-0.4, -0.2) is 17.9 Å². The van der Waals surface area contributed by atoms with Gasteiger partial charge in [-0.05, 0) is 40.0 Å². The van der Waals surface area contributed by atoms with Crippen LogP contribution in [0, 0.1) is 6.92 Å². The van der Waals surface area contributed by atoms with Crippen LogP contribution in [0.5, 0.6) is 0 Å². The number of amides is 1. The molecule has 1 heterocycles. The third-order valence-electron chi connectivity index (χ3n) is 2.86. The van der Waals surface area contributed by atoms with E-state index in [1.54, 1.807) is 18.0 Å². The molecule has 0 bridgehead atoms. The standard InChI is InChI=1S/C14H14BrNO2/c1-10-5-3-4-6-11(10)9-16(2)14(17)12-7-8-18-13(12)15/h3-8H,9H2,1-2H3. The molecule has 0 N–H and O–H groups in total. The smallest absolute Gasteiger partial charge is 0.258 e. The summed E-state index contributed by atoms with van der Waals surface area (Å²) in [5.74, 6) is -0.0566. The quantitative estimate of drug-likeness (QED) is 0.867. The number of hydrogen-bond donors (Lipinski definition) is 0. The topological polar surface area (TPSA) is 33.5 Å². The molecule has 0 saturated heterocycles. The highest BCUT2D eigenvalue weighted by Gasteiger charge is 2.17. The normalized spacial score (nSPS) is 10.4. The molecule has 0 unspecified atom stereocenters. The van der Waals surface area contributed by atoms with Gasteiger partial charge in [0.2, 0.25) is 0 Å². The molecule has 0 atom stereocenters. The predicted octanol–water partition coefficient (Wildman–Crippen LogP) is 3.62. The second kappa shape index (κ2) is 5.40. The highest BCUT2D eigenvalue weighted by molar-refractivity contribution is 9.10. The molecule has 1 amide bonds. The molecule has 2 rings (SSSR count). The van der Waals surface area contributed by atoms with Crippen molar-refractivity contribution in [2.24, 2.45) is 0 Å². The van der Waals surface area contributed by atoms with Crippen LogP contribution in [0.3, 0.4) is 0 Å². The first kappa shape index (κ1) is 12.9. The first-order valence-electron chi connectivity index (χ1n) is 5.62. The summed E-state index contributed by atoms with van der Waals surface area (Å²) in [6.45, 7) is 2.63. The Morgan fingerprint density at radius 3 is 2.67 bits per heavy atom. The summed E-state index contributed by atoms with van der Waals surface area (Å²) in [6, 6.07) is 9.72. The molecule has 0 aliphatic carbocycles. The minimum atomic E-state index is -0.0566. The number of aryl methyl sites for hydroxylation is 1. The van der Waals surface area contributed by atoms with Crippen molar-refractivity contribution in [3.63, 3.8) is 0 Å². The first-order valence-corrected chi connectivity index (χ1v) is 6.42. The van der Waals surface area contributed by atoms with Gasteiger partial charge in [-0.25, -0.2) is 0 Å². The van der Waals surface area contributed by atoms with Crippen LogP contribution in [0.4, 0.5) is 0 Å². The highest BCUT2D eigenvalue weighted by atomic mass is 79.9. The van der Waals surface area contributed by atoms with E-state index in [1.165, 1.54) is 11.8 Å². The number of rotatable bonds is 3. The second-order valence-corrected chi connectivity index (χ2v) is 4.92. The van der Waals surface area contributed by atoms with E-state index in [-0.39, 0.29) is 5.91 Å². The molecule has 0 saturated carbocycles. The van der Waals surface area contributed by atoms with E-state index in [4.69, 9.17) is 4.42 Å². The molecule has 0 fully saturated rings. The predicted molar refractivity (Wildman–Crippen MR) is 73.4 cm³/mol. The van der Waals surface area contributed by atoms with Crippen LogP contribution in [0.1, 0.15) is 21.5 Å². The average Bonchev–Trinajstić information content (AvgIpc) is 2.77. The number of nitrogens with zero attached hydrogens (tertiary/aromatic N) is 1. The number of halogens is 1. The molecule has 2 aromatic rings. The van der Waals surface area contributed by atoms with Crippen LogP contribution in [0.25, 0.3) is 0 Å². The molecule has 0 spiro atoms. The van der Waals surface area contributed by atoms with Gasteiger partial charge in [-0.2, -0.15) is 0 Å². The Bertz CT molecular complexity index is 562. The Kier molecular flexibility index (Phi) is 3.87. The van der Waals surface area contributed by atoms with Gasteiger partial charge < -0.3 is 9.32 Å². The summed E-state index contributed by atoms with van der Waals surface area (Å²) in [5, 5.41) is 0. The Hall–Kier alpha value is -1.55. The van der Waals surface area contributed by atoms with Gasteiger partial charge in [0.25, 0.3) is 5.91 Å². The van der Waals surface area contributed by atoms with Gasteiger partial charge in [0, 0.05) is 13.6 Å². The van der Waals surface area contributed by atoms with Crippen LogP contribution >= 0.6 is 15.9 Å². The summed E-state index contributed by atoms with van der Waals surface area (Å²) >= 11 is 3.22. The lowest BCUT2D eigenvalue weighted by molar-refractivity contribution is 0.0783. The van der Waals surface area contributed by atoms with Gasteiger partial charge in [0.05, 0.1) is 11.8 Å². The van der Waals surface area contributed by atoms with Crippen molar-refractivity contribution < 1.29 is 9.21 Å². The van der Waals surface area contributed by atoms with E-state index in [1.807, 2.05) is 31.2 Å².